The van der Waals surface area contributed by atoms with Crippen LogP contribution in [0.3, 0.4) is 0 Å². The molecule has 6 heteroatoms. The van der Waals surface area contributed by atoms with E-state index in [-0.39, 0.29) is 24.7 Å². The highest BCUT2D eigenvalue weighted by Crippen LogP contribution is 2.25. The van der Waals surface area contributed by atoms with Gasteiger partial charge in [-0.3, -0.25) is 9.69 Å². The maximum absolute atomic E-state index is 12.2. The van der Waals surface area contributed by atoms with Crippen molar-refractivity contribution in [3.63, 3.8) is 0 Å². The summed E-state index contributed by atoms with van der Waals surface area (Å²) in [4.78, 5) is 21.0. The van der Waals surface area contributed by atoms with Crippen molar-refractivity contribution >= 4 is 5.91 Å². The third-order valence-corrected chi connectivity index (χ3v) is 4.31. The number of rotatable bonds is 4. The van der Waals surface area contributed by atoms with Crippen LogP contribution in [-0.2, 0) is 23.1 Å². The van der Waals surface area contributed by atoms with Gasteiger partial charge in [0.15, 0.2) is 0 Å². The first-order valence-electron chi connectivity index (χ1n) is 7.64. The molecule has 2 aliphatic heterocycles. The molecular formula is C15H24N4O2. The molecule has 1 aromatic rings. The summed E-state index contributed by atoms with van der Waals surface area (Å²) in [6.07, 6.45) is 3.83. The number of likely N-dealkylation sites (tertiary alicyclic amines) is 1. The highest BCUT2D eigenvalue weighted by molar-refractivity contribution is 5.78. The van der Waals surface area contributed by atoms with Crippen LogP contribution in [0.2, 0.25) is 0 Å². The second kappa shape index (κ2) is 5.77. The number of morpholine rings is 1. The van der Waals surface area contributed by atoms with Gasteiger partial charge in [-0.1, -0.05) is 13.8 Å². The summed E-state index contributed by atoms with van der Waals surface area (Å²) in [5.74, 6) is 1.63. The van der Waals surface area contributed by atoms with Gasteiger partial charge in [0.05, 0.1) is 18.7 Å². The van der Waals surface area contributed by atoms with E-state index < -0.39 is 0 Å². The van der Waals surface area contributed by atoms with Crippen LogP contribution in [0.1, 0.15) is 19.7 Å². The zero-order valence-corrected chi connectivity index (χ0v) is 13.0. The molecule has 0 radical (unpaired) electrons. The van der Waals surface area contributed by atoms with Crippen LogP contribution in [0.25, 0.3) is 0 Å². The molecule has 2 fully saturated rings. The normalized spacial score (nSPS) is 26.7. The highest BCUT2D eigenvalue weighted by atomic mass is 16.5. The Morgan fingerprint density at radius 2 is 2.24 bits per heavy atom. The number of nitrogens with zero attached hydrogens (tertiary/aromatic N) is 4. The van der Waals surface area contributed by atoms with Gasteiger partial charge in [-0.2, -0.15) is 0 Å². The third-order valence-electron chi connectivity index (χ3n) is 4.31. The van der Waals surface area contributed by atoms with Gasteiger partial charge in [0, 0.05) is 39.1 Å². The number of carbonyl (C=O) groups is 1. The minimum absolute atomic E-state index is 0.0747. The van der Waals surface area contributed by atoms with E-state index in [2.05, 4.69) is 23.7 Å². The first-order valence-corrected chi connectivity index (χ1v) is 7.64. The Hall–Kier alpha value is -1.40. The molecule has 0 aromatic carbocycles. The number of carbonyl (C=O) groups excluding carboxylic acids is 1. The molecule has 2 saturated heterocycles. The number of imidazole rings is 1. The Kier molecular flexibility index (Phi) is 3.99. The number of amides is 1. The van der Waals surface area contributed by atoms with Gasteiger partial charge in [-0.25, -0.2) is 4.98 Å². The van der Waals surface area contributed by atoms with Crippen molar-refractivity contribution in [3.8, 4) is 0 Å². The average Bonchev–Trinajstić information content (AvgIpc) is 2.99. The lowest BCUT2D eigenvalue weighted by Crippen LogP contribution is -2.53. The van der Waals surface area contributed by atoms with Gasteiger partial charge in [-0.05, 0) is 5.92 Å². The first-order chi connectivity index (χ1) is 10.0. The summed E-state index contributed by atoms with van der Waals surface area (Å²) in [6, 6.07) is 0.154. The summed E-state index contributed by atoms with van der Waals surface area (Å²) in [6.45, 7) is 8.09. The standard InChI is InChI=1S/C15H24N4O2/c1-11(2)6-18-7-12-13(8-18)21-10-15(20)19(12)9-14-16-4-5-17(14)3/h4-5,11-13H,6-10H2,1-3H3. The number of aryl methyl sites for hydroxylation is 1. The Morgan fingerprint density at radius 3 is 2.90 bits per heavy atom. The predicted octanol–water partition coefficient (Wildman–Crippen LogP) is 0.488. The van der Waals surface area contributed by atoms with Crippen LogP contribution >= 0.6 is 0 Å². The van der Waals surface area contributed by atoms with Gasteiger partial charge in [0.1, 0.15) is 12.4 Å². The topological polar surface area (TPSA) is 50.6 Å². The van der Waals surface area contributed by atoms with Crippen LogP contribution in [0.5, 0.6) is 0 Å². The van der Waals surface area contributed by atoms with E-state index in [1.165, 1.54) is 0 Å². The Labute approximate surface area is 125 Å². The fourth-order valence-corrected chi connectivity index (χ4v) is 3.31. The second-order valence-electron chi connectivity index (χ2n) is 6.51. The summed E-state index contributed by atoms with van der Waals surface area (Å²) in [5, 5.41) is 0. The van der Waals surface area contributed by atoms with Crippen molar-refractivity contribution in [1.29, 1.82) is 0 Å². The van der Waals surface area contributed by atoms with Crippen molar-refractivity contribution in [2.24, 2.45) is 13.0 Å². The second-order valence-corrected chi connectivity index (χ2v) is 6.51. The van der Waals surface area contributed by atoms with Crippen LogP contribution in [0.15, 0.2) is 12.4 Å². The average molecular weight is 292 g/mol. The molecule has 2 aliphatic rings. The van der Waals surface area contributed by atoms with E-state index >= 15 is 0 Å². The minimum atomic E-state index is 0.0747. The number of aromatic nitrogens is 2. The summed E-state index contributed by atoms with van der Waals surface area (Å²) < 4.78 is 7.72. The molecule has 116 valence electrons. The summed E-state index contributed by atoms with van der Waals surface area (Å²) in [7, 11) is 1.96. The maximum atomic E-state index is 12.2. The smallest absolute Gasteiger partial charge is 0.249 e. The fraction of sp³-hybridized carbons (Fsp3) is 0.733. The van der Waals surface area contributed by atoms with Gasteiger partial charge in [0.2, 0.25) is 5.91 Å². The van der Waals surface area contributed by atoms with Gasteiger partial charge in [-0.15, -0.1) is 0 Å². The number of hydrogen-bond acceptors (Lipinski definition) is 4. The van der Waals surface area contributed by atoms with Crippen molar-refractivity contribution in [3.05, 3.63) is 18.2 Å². The number of ether oxygens (including phenoxy) is 1. The number of hydrogen-bond donors (Lipinski definition) is 0. The monoisotopic (exact) mass is 292 g/mol. The van der Waals surface area contributed by atoms with Gasteiger partial charge in [0.25, 0.3) is 0 Å². The zero-order chi connectivity index (χ0) is 15.0. The lowest BCUT2D eigenvalue weighted by atomic mass is 10.1. The summed E-state index contributed by atoms with van der Waals surface area (Å²) >= 11 is 0. The van der Waals surface area contributed by atoms with Crippen molar-refractivity contribution in [2.45, 2.75) is 32.5 Å². The van der Waals surface area contributed by atoms with E-state index in [1.807, 2.05) is 22.7 Å². The summed E-state index contributed by atoms with van der Waals surface area (Å²) in [5.41, 5.74) is 0. The van der Waals surface area contributed by atoms with E-state index in [1.54, 1.807) is 6.20 Å². The predicted molar refractivity (Wildman–Crippen MR) is 78.6 cm³/mol. The molecule has 1 amide bonds. The molecule has 1 aromatic heterocycles. The molecular weight excluding hydrogens is 268 g/mol. The SMILES string of the molecule is CC(C)CN1CC2OCC(=O)N(Cc3nccn3C)C2C1. The van der Waals surface area contributed by atoms with Crippen molar-refractivity contribution < 1.29 is 9.53 Å². The molecule has 0 saturated carbocycles. The third kappa shape index (κ3) is 2.96. The molecule has 0 bridgehead atoms. The Bertz CT molecular complexity index is 514. The maximum Gasteiger partial charge on any atom is 0.249 e. The van der Waals surface area contributed by atoms with E-state index in [9.17, 15) is 4.79 Å². The zero-order valence-electron chi connectivity index (χ0n) is 13.0. The quantitative estimate of drug-likeness (QED) is 0.810. The Balaban J connectivity index is 1.73. The molecule has 0 aliphatic carbocycles. The largest absolute Gasteiger partial charge is 0.365 e. The van der Waals surface area contributed by atoms with Gasteiger partial charge < -0.3 is 14.2 Å². The molecule has 2 atom stereocenters. The van der Waals surface area contributed by atoms with Crippen LogP contribution < -0.4 is 0 Å². The van der Waals surface area contributed by atoms with Crippen molar-refractivity contribution in [2.75, 3.05) is 26.2 Å². The van der Waals surface area contributed by atoms with E-state index in [0.29, 0.717) is 12.5 Å². The molecule has 6 nitrogen and oxygen atoms in total. The van der Waals surface area contributed by atoms with E-state index in [4.69, 9.17) is 4.74 Å². The highest BCUT2D eigenvalue weighted by Gasteiger charge is 2.43. The first kappa shape index (κ1) is 14.5. The van der Waals surface area contributed by atoms with Crippen LogP contribution in [0, 0.1) is 5.92 Å². The van der Waals surface area contributed by atoms with Crippen molar-refractivity contribution in [1.82, 2.24) is 19.4 Å². The molecule has 21 heavy (non-hydrogen) atoms. The molecule has 0 N–H and O–H groups in total. The van der Waals surface area contributed by atoms with Crippen LogP contribution in [-0.4, -0.2) is 63.6 Å². The Morgan fingerprint density at radius 1 is 1.43 bits per heavy atom. The molecule has 0 spiro atoms. The fourth-order valence-electron chi connectivity index (χ4n) is 3.31. The molecule has 3 rings (SSSR count). The molecule has 2 unspecified atom stereocenters. The lowest BCUT2D eigenvalue weighted by Gasteiger charge is -2.36. The number of fused-ring (bicyclic) bond motifs is 1. The van der Waals surface area contributed by atoms with Gasteiger partial charge >= 0.3 is 0 Å². The molecule has 3 heterocycles. The minimum Gasteiger partial charge on any atom is -0.365 e. The van der Waals surface area contributed by atoms with E-state index in [0.717, 1.165) is 25.5 Å². The lowest BCUT2D eigenvalue weighted by molar-refractivity contribution is -0.154. The van der Waals surface area contributed by atoms with Crippen LogP contribution in [0.4, 0.5) is 0 Å².